The maximum absolute atomic E-state index is 5.06. The quantitative estimate of drug-likeness (QED) is 0.122. The molecule has 3 heterocycles. The molecule has 92 heavy (non-hydrogen) atoms. The van der Waals surface area contributed by atoms with E-state index in [0.717, 1.165) is 83.1 Å². The van der Waals surface area contributed by atoms with Crippen LogP contribution in [0, 0.1) is 20.8 Å². The number of nitrogens with zero attached hydrogens (tertiary/aromatic N) is 3. The van der Waals surface area contributed by atoms with Crippen LogP contribution in [0.15, 0.2) is 256 Å². The predicted molar refractivity (Wildman–Crippen MR) is 398 cm³/mol. The summed E-state index contributed by atoms with van der Waals surface area (Å²) in [5.41, 5.74) is 30.6. The lowest BCUT2D eigenvalue weighted by molar-refractivity contribution is 0.352. The highest BCUT2D eigenvalue weighted by atomic mass is 79.9. The van der Waals surface area contributed by atoms with E-state index in [9.17, 15) is 0 Å². The fourth-order valence-electron chi connectivity index (χ4n) is 14.0. The lowest BCUT2D eigenvalue weighted by Gasteiger charge is -2.39. The highest BCUT2D eigenvalue weighted by Gasteiger charge is 2.36. The Morgan fingerprint density at radius 1 is 0.283 bits per heavy atom. The Kier molecular flexibility index (Phi) is 17.8. The Labute approximate surface area is 570 Å². The Balaban J connectivity index is 0.925. The summed E-state index contributed by atoms with van der Waals surface area (Å²) in [6, 6.07) is 82.9. The Morgan fingerprint density at radius 3 is 0.902 bits per heavy atom. The fraction of sp³-hybridized carbons (Fsp3) is 0.198. The van der Waals surface area contributed by atoms with Gasteiger partial charge in [-0.05, 0) is 200 Å². The van der Waals surface area contributed by atoms with Crippen molar-refractivity contribution in [3.63, 3.8) is 0 Å². The molecule has 1 fully saturated rings. The first-order chi connectivity index (χ1) is 44.3. The Bertz CT molecular complexity index is 4500. The molecule has 3 nitrogen and oxygen atoms in total. The molecular formula is C86H76Br3N3. The second kappa shape index (κ2) is 26.1. The molecule has 0 radical (unpaired) electrons. The molecule has 1 aliphatic rings. The molecule has 0 bridgehead atoms. The number of pyridine rings is 3. The van der Waals surface area contributed by atoms with Gasteiger partial charge in [-0.25, -0.2) is 0 Å². The smallest absolute Gasteiger partial charge is 0.0705 e. The average Bonchev–Trinajstić information content (AvgIpc) is 0.888. The Morgan fingerprint density at radius 2 is 0.587 bits per heavy atom. The molecule has 13 rings (SSSR count). The first-order valence-electron chi connectivity index (χ1n) is 32.2. The van der Waals surface area contributed by atoms with Crippen molar-refractivity contribution in [1.29, 1.82) is 0 Å². The summed E-state index contributed by atoms with van der Waals surface area (Å²) in [5.74, 6) is 0.607. The second-order valence-corrected chi connectivity index (χ2v) is 29.9. The first kappa shape index (κ1) is 62.7. The lowest BCUT2D eigenvalue weighted by atomic mass is 9.65. The van der Waals surface area contributed by atoms with Crippen molar-refractivity contribution >= 4 is 47.8 Å². The zero-order valence-electron chi connectivity index (χ0n) is 53.9. The Hall–Kier alpha value is -8.13. The summed E-state index contributed by atoms with van der Waals surface area (Å²) in [6.07, 6.45) is 9.02. The molecule has 2 atom stereocenters. The van der Waals surface area contributed by atoms with Crippen LogP contribution in [0.2, 0.25) is 0 Å². The van der Waals surface area contributed by atoms with Crippen LogP contribution in [-0.4, -0.2) is 15.0 Å². The molecule has 0 spiro atoms. The predicted octanol–water partition coefficient (Wildman–Crippen LogP) is 25.5. The molecule has 6 heteroatoms. The molecule has 0 aliphatic heterocycles. The van der Waals surface area contributed by atoms with Crippen LogP contribution in [0.4, 0.5) is 0 Å². The van der Waals surface area contributed by atoms with E-state index in [0.29, 0.717) is 0 Å². The van der Waals surface area contributed by atoms with Gasteiger partial charge >= 0.3 is 0 Å². The summed E-state index contributed by atoms with van der Waals surface area (Å²) in [6.45, 7) is 20.5. The number of rotatable bonds is 12. The van der Waals surface area contributed by atoms with Crippen molar-refractivity contribution < 1.29 is 0 Å². The van der Waals surface area contributed by atoms with Crippen LogP contribution in [0.1, 0.15) is 123 Å². The van der Waals surface area contributed by atoms with E-state index in [1.54, 1.807) is 0 Å². The van der Waals surface area contributed by atoms with Gasteiger partial charge in [-0.15, -0.1) is 0 Å². The highest BCUT2D eigenvalue weighted by molar-refractivity contribution is 9.11. The van der Waals surface area contributed by atoms with Crippen LogP contribution in [0.3, 0.4) is 0 Å². The average molecular weight is 1390 g/mol. The van der Waals surface area contributed by atoms with Crippen molar-refractivity contribution in [2.45, 2.75) is 110 Å². The first-order valence-corrected chi connectivity index (χ1v) is 34.6. The minimum absolute atomic E-state index is 0.0746. The molecule has 0 N–H and O–H groups in total. The monoisotopic (exact) mass is 1390 g/mol. The molecule has 9 aromatic carbocycles. The third kappa shape index (κ3) is 13.0. The molecule has 0 saturated heterocycles. The largest absolute Gasteiger partial charge is 0.256 e. The third-order valence-electron chi connectivity index (χ3n) is 19.1. The normalized spacial score (nSPS) is 15.2. The molecule has 2 unspecified atom stereocenters. The van der Waals surface area contributed by atoms with E-state index in [-0.39, 0.29) is 28.6 Å². The van der Waals surface area contributed by atoms with Gasteiger partial charge in [0, 0.05) is 65.4 Å². The second-order valence-electron chi connectivity index (χ2n) is 27.3. The maximum Gasteiger partial charge on any atom is 0.0705 e. The van der Waals surface area contributed by atoms with Gasteiger partial charge < -0.3 is 0 Å². The number of aromatic nitrogens is 3. The highest BCUT2D eigenvalue weighted by Crippen LogP contribution is 2.55. The third-order valence-corrected chi connectivity index (χ3v) is 21.0. The van der Waals surface area contributed by atoms with Gasteiger partial charge in [0.25, 0.3) is 0 Å². The van der Waals surface area contributed by atoms with Crippen molar-refractivity contribution in [3.8, 4) is 101 Å². The van der Waals surface area contributed by atoms with Crippen LogP contribution in [0.25, 0.3) is 101 Å². The zero-order chi connectivity index (χ0) is 64.0. The number of halogens is 3. The van der Waals surface area contributed by atoms with E-state index in [2.05, 4.69) is 335 Å². The summed E-state index contributed by atoms with van der Waals surface area (Å²) in [7, 11) is 0. The van der Waals surface area contributed by atoms with Crippen LogP contribution < -0.4 is 0 Å². The van der Waals surface area contributed by atoms with Crippen LogP contribution >= 0.6 is 47.8 Å². The van der Waals surface area contributed by atoms with E-state index in [1.165, 1.54) is 94.6 Å². The number of hydrogen-bond acceptors (Lipinski definition) is 3. The van der Waals surface area contributed by atoms with Gasteiger partial charge in [-0.2, -0.15) is 0 Å². The van der Waals surface area contributed by atoms with E-state index >= 15 is 0 Å². The van der Waals surface area contributed by atoms with Crippen LogP contribution in [0.5, 0.6) is 0 Å². The van der Waals surface area contributed by atoms with E-state index in [1.807, 2.05) is 18.6 Å². The molecule has 0 amide bonds. The SMILES string of the molecule is Cc1cc(-c2ccc(-c3ccccc3C3CC(c4ccc(C(C)(C)C)cc4-c4ccc(-c5cc(C)c(-c6ccccc6)cn5)cc4Br)CC(c4ccc(C(C)(C)C)cc4-c4ccc(-c5cc(C)c(-c6ccccc6)cn5)cc4Br)C3)c(Br)c2)ncc1-c1ccccc1. The van der Waals surface area contributed by atoms with Gasteiger partial charge in [0.05, 0.1) is 17.1 Å². The standard InChI is InChI=1S/C86H76Br3N3/c1-53-39-82(90-50-76(53)56-21-13-10-14-22-56)59-29-34-71(79(87)45-59)70-28-20-19-27-67(70)62-42-63(68-37-32-65(85(4,5)6)48-74(68)72-35-30-60(46-80(72)88)83-40-54(2)77(51-91-83)57-23-15-11-16-24-57)44-64(43-62)69-38-33-66(86(7,8)9)49-75(69)73-36-31-61(47-81(73)89)84-41-55(3)78(52-92-84)58-25-17-12-18-26-58/h10-41,45-52,62-64H,42-44H2,1-9H3. The van der Waals surface area contributed by atoms with Gasteiger partial charge in [0.15, 0.2) is 0 Å². The van der Waals surface area contributed by atoms with Crippen molar-refractivity contribution in [2.24, 2.45) is 0 Å². The summed E-state index contributed by atoms with van der Waals surface area (Å²) < 4.78 is 3.16. The summed E-state index contributed by atoms with van der Waals surface area (Å²) in [4.78, 5) is 15.2. The van der Waals surface area contributed by atoms with Crippen molar-refractivity contribution in [1.82, 2.24) is 15.0 Å². The molecular weight excluding hydrogens is 1310 g/mol. The molecule has 12 aromatic rings. The van der Waals surface area contributed by atoms with Gasteiger partial charge in [0.2, 0.25) is 0 Å². The van der Waals surface area contributed by atoms with E-state index in [4.69, 9.17) is 15.0 Å². The number of benzene rings is 9. The van der Waals surface area contributed by atoms with Gasteiger partial charge in [-0.3, -0.25) is 15.0 Å². The van der Waals surface area contributed by atoms with Crippen molar-refractivity contribution in [2.75, 3.05) is 0 Å². The molecule has 456 valence electrons. The molecule has 1 saturated carbocycles. The summed E-state index contributed by atoms with van der Waals surface area (Å²) in [5, 5.41) is 0. The maximum atomic E-state index is 5.06. The van der Waals surface area contributed by atoms with Crippen LogP contribution in [-0.2, 0) is 10.8 Å². The number of hydrogen-bond donors (Lipinski definition) is 0. The fourth-order valence-corrected chi connectivity index (χ4v) is 15.8. The number of aryl methyl sites for hydroxylation is 3. The molecule has 3 aromatic heterocycles. The zero-order valence-corrected chi connectivity index (χ0v) is 58.7. The summed E-state index contributed by atoms with van der Waals surface area (Å²) >= 11 is 12.6. The van der Waals surface area contributed by atoms with Crippen molar-refractivity contribution in [3.05, 3.63) is 301 Å². The van der Waals surface area contributed by atoms with Gasteiger partial charge in [-0.1, -0.05) is 277 Å². The van der Waals surface area contributed by atoms with E-state index < -0.39 is 0 Å². The minimum atomic E-state index is -0.0746. The lowest BCUT2D eigenvalue weighted by Crippen LogP contribution is -2.22. The topological polar surface area (TPSA) is 38.7 Å². The molecule has 1 aliphatic carbocycles. The van der Waals surface area contributed by atoms with Gasteiger partial charge in [0.1, 0.15) is 0 Å². The minimum Gasteiger partial charge on any atom is -0.256 e.